The van der Waals surface area contributed by atoms with E-state index in [0.717, 1.165) is 25.2 Å². The van der Waals surface area contributed by atoms with Crippen molar-refractivity contribution in [2.24, 2.45) is 0 Å². The van der Waals surface area contributed by atoms with E-state index in [1.165, 1.54) is 12.1 Å². The molecule has 1 aliphatic rings. The number of fused-ring (bicyclic) bond motifs is 1. The summed E-state index contributed by atoms with van der Waals surface area (Å²) >= 11 is 0. The third-order valence-electron chi connectivity index (χ3n) is 4.02. The summed E-state index contributed by atoms with van der Waals surface area (Å²) in [7, 11) is 0. The lowest BCUT2D eigenvalue weighted by atomic mass is 10.3. The van der Waals surface area contributed by atoms with Gasteiger partial charge in [0.25, 0.3) is 0 Å². The van der Waals surface area contributed by atoms with Crippen molar-refractivity contribution in [2.75, 3.05) is 18.4 Å². The minimum Gasteiger partial charge on any atom is -0.435 e. The maximum Gasteiger partial charge on any atom is 0.387 e. The van der Waals surface area contributed by atoms with Crippen LogP contribution in [0.2, 0.25) is 0 Å². The van der Waals surface area contributed by atoms with Crippen molar-refractivity contribution >= 4 is 11.6 Å². The number of pyridine rings is 1. The molecule has 0 unspecified atom stereocenters. The highest BCUT2D eigenvalue weighted by atomic mass is 19.3. The Balaban J connectivity index is 1.62. The number of hydrogen-bond donors (Lipinski definition) is 2. The van der Waals surface area contributed by atoms with Crippen LogP contribution in [-0.2, 0) is 0 Å². The summed E-state index contributed by atoms with van der Waals surface area (Å²) in [6.45, 7) is -0.999. The predicted octanol–water partition coefficient (Wildman–Crippen LogP) is 2.17. The first-order valence-electron chi connectivity index (χ1n) is 7.91. The molecule has 0 amide bonds. The van der Waals surface area contributed by atoms with Crippen LogP contribution in [0.4, 0.5) is 14.7 Å². The molecule has 0 bridgehead atoms. The Hall–Kier alpha value is -2.81. The predicted molar refractivity (Wildman–Crippen MR) is 87.7 cm³/mol. The normalized spacial score (nSPS) is 17.3. The fraction of sp³-hybridized carbons (Fsp3) is 0.312. The van der Waals surface area contributed by atoms with Gasteiger partial charge in [0.1, 0.15) is 11.4 Å². The maximum atomic E-state index is 12.3. The lowest BCUT2D eigenvalue weighted by Gasteiger charge is -2.11. The van der Waals surface area contributed by atoms with Crippen molar-refractivity contribution in [1.82, 2.24) is 24.7 Å². The molecule has 7 nitrogen and oxygen atoms in total. The Labute approximate surface area is 142 Å². The third kappa shape index (κ3) is 3.36. The van der Waals surface area contributed by atoms with Gasteiger partial charge in [0, 0.05) is 31.0 Å². The van der Waals surface area contributed by atoms with Gasteiger partial charge in [-0.1, -0.05) is 0 Å². The van der Waals surface area contributed by atoms with Crippen molar-refractivity contribution in [3.63, 3.8) is 0 Å². The van der Waals surface area contributed by atoms with E-state index in [4.69, 9.17) is 0 Å². The van der Waals surface area contributed by atoms with Crippen LogP contribution in [-0.4, -0.2) is 45.1 Å². The van der Waals surface area contributed by atoms with Gasteiger partial charge in [0.05, 0.1) is 17.6 Å². The highest BCUT2D eigenvalue weighted by Gasteiger charge is 2.16. The van der Waals surface area contributed by atoms with Gasteiger partial charge in [-0.3, -0.25) is 4.40 Å². The first-order chi connectivity index (χ1) is 12.2. The average Bonchev–Trinajstić information content (AvgIpc) is 3.23. The molecule has 1 aliphatic heterocycles. The molecule has 130 valence electrons. The van der Waals surface area contributed by atoms with E-state index in [-0.39, 0.29) is 5.75 Å². The largest absolute Gasteiger partial charge is 0.435 e. The Morgan fingerprint density at radius 3 is 3.04 bits per heavy atom. The first kappa shape index (κ1) is 15.7. The van der Waals surface area contributed by atoms with Gasteiger partial charge in [-0.05, 0) is 25.1 Å². The van der Waals surface area contributed by atoms with Gasteiger partial charge >= 0.3 is 6.61 Å². The van der Waals surface area contributed by atoms with Crippen LogP contribution >= 0.6 is 0 Å². The topological polar surface area (TPSA) is 76.4 Å². The van der Waals surface area contributed by atoms with E-state index in [0.29, 0.717) is 23.3 Å². The van der Waals surface area contributed by atoms with E-state index >= 15 is 0 Å². The fourth-order valence-electron chi connectivity index (χ4n) is 2.86. The molecule has 0 saturated carbocycles. The second kappa shape index (κ2) is 6.60. The smallest absolute Gasteiger partial charge is 0.387 e. The number of ether oxygens (including phenoxy) is 1. The molecule has 0 radical (unpaired) electrons. The number of hydrogen-bond acceptors (Lipinski definition) is 6. The number of rotatable bonds is 5. The Kier molecular flexibility index (Phi) is 4.14. The van der Waals surface area contributed by atoms with Crippen molar-refractivity contribution in [3.05, 3.63) is 36.8 Å². The van der Waals surface area contributed by atoms with Crippen molar-refractivity contribution in [3.8, 4) is 17.1 Å². The van der Waals surface area contributed by atoms with Gasteiger partial charge in [0.2, 0.25) is 5.95 Å². The van der Waals surface area contributed by atoms with Crippen LogP contribution in [0.25, 0.3) is 17.0 Å². The number of aromatic nitrogens is 4. The zero-order valence-corrected chi connectivity index (χ0v) is 13.2. The summed E-state index contributed by atoms with van der Waals surface area (Å²) in [5, 5.41) is 6.58. The van der Waals surface area contributed by atoms with E-state index < -0.39 is 6.61 Å². The highest BCUT2D eigenvalue weighted by molar-refractivity contribution is 5.61. The average molecular weight is 346 g/mol. The van der Waals surface area contributed by atoms with Crippen molar-refractivity contribution < 1.29 is 13.5 Å². The Morgan fingerprint density at radius 1 is 1.32 bits per heavy atom. The van der Waals surface area contributed by atoms with Gasteiger partial charge in [-0.2, -0.15) is 8.78 Å². The summed E-state index contributed by atoms with van der Waals surface area (Å²) in [6.07, 6.45) is 5.98. The molecule has 4 heterocycles. The lowest BCUT2D eigenvalue weighted by molar-refractivity contribution is -0.0498. The number of nitrogens with zero attached hydrogens (tertiary/aromatic N) is 4. The molecule has 1 fully saturated rings. The Bertz CT molecular complexity index is 878. The van der Waals surface area contributed by atoms with Gasteiger partial charge in [0.15, 0.2) is 0 Å². The first-order valence-corrected chi connectivity index (χ1v) is 7.91. The van der Waals surface area contributed by atoms with Crippen LogP contribution in [0, 0.1) is 0 Å². The van der Waals surface area contributed by atoms with E-state index in [1.54, 1.807) is 29.1 Å². The van der Waals surface area contributed by atoms with Crippen LogP contribution in [0.5, 0.6) is 5.75 Å². The van der Waals surface area contributed by atoms with E-state index in [1.807, 2.05) is 0 Å². The zero-order valence-electron chi connectivity index (χ0n) is 13.2. The zero-order chi connectivity index (χ0) is 17.2. The van der Waals surface area contributed by atoms with Gasteiger partial charge in [-0.25, -0.2) is 15.0 Å². The molecular formula is C16H16F2N6O. The summed E-state index contributed by atoms with van der Waals surface area (Å²) in [4.78, 5) is 13.0. The molecule has 4 rings (SSSR count). The van der Waals surface area contributed by atoms with E-state index in [2.05, 4.69) is 30.3 Å². The van der Waals surface area contributed by atoms with Crippen molar-refractivity contribution in [2.45, 2.75) is 19.1 Å². The molecule has 25 heavy (non-hydrogen) atoms. The highest BCUT2D eigenvalue weighted by Crippen LogP contribution is 2.23. The molecule has 3 aromatic rings. The maximum absolute atomic E-state index is 12.3. The molecule has 1 atom stereocenters. The summed E-state index contributed by atoms with van der Waals surface area (Å²) in [5.41, 5.74) is 1.94. The SMILES string of the molecule is FC(F)Oc1ccn2c(-c3ccnc(N[C@@H]4CCNC4)n3)cnc2c1. The van der Waals surface area contributed by atoms with Crippen LogP contribution in [0.15, 0.2) is 36.8 Å². The third-order valence-corrected chi connectivity index (χ3v) is 4.02. The van der Waals surface area contributed by atoms with Gasteiger partial charge < -0.3 is 15.4 Å². The quantitative estimate of drug-likeness (QED) is 0.737. The van der Waals surface area contributed by atoms with Crippen molar-refractivity contribution in [1.29, 1.82) is 0 Å². The summed E-state index contributed by atoms with van der Waals surface area (Å²) < 4.78 is 30.8. The van der Waals surface area contributed by atoms with Crippen LogP contribution < -0.4 is 15.4 Å². The number of imidazole rings is 1. The standard InChI is InChI=1S/C16H16F2N6O/c17-15(18)25-11-3-6-24-13(9-21-14(24)7-11)12-2-5-20-16(23-12)22-10-1-4-19-8-10/h2-3,5-7,9-10,15,19H,1,4,8H2,(H,20,22,23)/t10-/m1/s1. The molecule has 0 aliphatic carbocycles. The summed E-state index contributed by atoms with van der Waals surface area (Å²) in [5.74, 6) is 0.622. The molecule has 0 aromatic carbocycles. The number of anilines is 1. The lowest BCUT2D eigenvalue weighted by Crippen LogP contribution is -2.23. The molecule has 3 aromatic heterocycles. The molecule has 9 heteroatoms. The second-order valence-corrected chi connectivity index (χ2v) is 5.71. The Morgan fingerprint density at radius 2 is 2.24 bits per heavy atom. The summed E-state index contributed by atoms with van der Waals surface area (Å²) in [6, 6.07) is 5.02. The number of nitrogens with one attached hydrogen (secondary N) is 2. The molecule has 1 saturated heterocycles. The molecule has 0 spiro atoms. The molecule has 2 N–H and O–H groups in total. The van der Waals surface area contributed by atoms with Crippen LogP contribution in [0.3, 0.4) is 0 Å². The fourth-order valence-corrected chi connectivity index (χ4v) is 2.86. The molecular weight excluding hydrogens is 330 g/mol. The number of alkyl halides is 2. The monoisotopic (exact) mass is 346 g/mol. The van der Waals surface area contributed by atoms with E-state index in [9.17, 15) is 8.78 Å². The minimum atomic E-state index is -2.86. The van der Waals surface area contributed by atoms with Gasteiger partial charge in [-0.15, -0.1) is 0 Å². The number of halogens is 2. The van der Waals surface area contributed by atoms with Crippen LogP contribution in [0.1, 0.15) is 6.42 Å². The minimum absolute atomic E-state index is 0.0680. The second-order valence-electron chi connectivity index (χ2n) is 5.71.